The van der Waals surface area contributed by atoms with E-state index in [1.807, 2.05) is 55.3 Å². The number of amides is 1. The Morgan fingerprint density at radius 1 is 1.11 bits per heavy atom. The van der Waals surface area contributed by atoms with Gasteiger partial charge in [0.2, 0.25) is 0 Å². The fourth-order valence-corrected chi connectivity index (χ4v) is 4.68. The highest BCUT2D eigenvalue weighted by Gasteiger charge is 2.33. The Hall–Kier alpha value is -3.10. The number of thiazole rings is 1. The smallest absolute Gasteiger partial charge is 0.253 e. The molecule has 1 aliphatic rings. The number of hydrogen-bond acceptors (Lipinski definition) is 7. The zero-order valence-electron chi connectivity index (χ0n) is 21.8. The summed E-state index contributed by atoms with van der Waals surface area (Å²) in [4.78, 5) is 34.6. The molecule has 2 aromatic carbocycles. The van der Waals surface area contributed by atoms with E-state index in [0.717, 1.165) is 24.0 Å². The molecule has 8 heteroatoms. The molecule has 0 atom stereocenters. The van der Waals surface area contributed by atoms with Gasteiger partial charge in [0, 0.05) is 31.4 Å². The lowest BCUT2D eigenvalue weighted by Gasteiger charge is -2.38. The molecule has 2 N–H and O–H groups in total. The number of likely N-dealkylation sites (tertiary alicyclic amines) is 1. The van der Waals surface area contributed by atoms with Crippen LogP contribution >= 0.6 is 11.3 Å². The molecule has 0 saturated carbocycles. The van der Waals surface area contributed by atoms with Crippen LogP contribution in [-0.4, -0.2) is 60.2 Å². The van der Waals surface area contributed by atoms with Gasteiger partial charge in [0.15, 0.2) is 0 Å². The van der Waals surface area contributed by atoms with Crippen LogP contribution in [0.3, 0.4) is 0 Å². The molecule has 4 rings (SSSR count). The van der Waals surface area contributed by atoms with Crippen molar-refractivity contribution in [1.82, 2.24) is 9.88 Å². The van der Waals surface area contributed by atoms with Gasteiger partial charge in [-0.15, -0.1) is 11.3 Å². The molecular formula is C28H39N3O4S. The van der Waals surface area contributed by atoms with Gasteiger partial charge in [-0.3, -0.25) is 4.79 Å². The highest BCUT2D eigenvalue weighted by Crippen LogP contribution is 2.29. The molecule has 0 radical (unpaired) electrons. The average Bonchev–Trinajstić information content (AvgIpc) is 3.41. The number of piperidine rings is 1. The summed E-state index contributed by atoms with van der Waals surface area (Å²) >= 11 is 1.69. The van der Waals surface area contributed by atoms with E-state index in [4.69, 9.17) is 9.59 Å². The summed E-state index contributed by atoms with van der Waals surface area (Å²) in [7, 11) is 1.86. The van der Waals surface area contributed by atoms with Gasteiger partial charge < -0.3 is 24.9 Å². The monoisotopic (exact) mass is 513 g/mol. The number of para-hydroxylation sites is 1. The maximum Gasteiger partial charge on any atom is 0.253 e. The predicted molar refractivity (Wildman–Crippen MR) is 149 cm³/mol. The minimum atomic E-state index is -0.586. The first kappa shape index (κ1) is 30.9. The Kier molecular flexibility index (Phi) is 13.6. The topological polar surface area (TPSA) is 99.6 Å². The van der Waals surface area contributed by atoms with Crippen molar-refractivity contribution in [3.8, 4) is 0 Å². The van der Waals surface area contributed by atoms with Crippen molar-refractivity contribution in [3.63, 3.8) is 0 Å². The average molecular weight is 514 g/mol. The maximum atomic E-state index is 12.5. The maximum absolute atomic E-state index is 12.5. The molecule has 1 fully saturated rings. The lowest BCUT2D eigenvalue weighted by atomic mass is 9.85. The summed E-state index contributed by atoms with van der Waals surface area (Å²) in [6.45, 7) is 11.7. The van der Waals surface area contributed by atoms with Gasteiger partial charge >= 0.3 is 0 Å². The van der Waals surface area contributed by atoms with E-state index in [-0.39, 0.29) is 5.91 Å². The number of carbonyl (C=O) groups is 3. The number of aliphatic hydroxyl groups is 1. The minimum Gasteiger partial charge on any atom is -0.390 e. The number of aryl methyl sites for hydroxylation is 1. The molecule has 3 aromatic rings. The van der Waals surface area contributed by atoms with Crippen LogP contribution in [0.2, 0.25) is 0 Å². The van der Waals surface area contributed by atoms with Crippen molar-refractivity contribution in [1.29, 1.82) is 0 Å². The largest absolute Gasteiger partial charge is 0.390 e. The number of anilines is 1. The second-order valence-electron chi connectivity index (χ2n) is 9.05. The first-order valence-corrected chi connectivity index (χ1v) is 12.9. The summed E-state index contributed by atoms with van der Waals surface area (Å²) < 4.78 is 1.28. The van der Waals surface area contributed by atoms with E-state index in [1.54, 1.807) is 11.3 Å². The van der Waals surface area contributed by atoms with E-state index in [1.165, 1.54) is 10.3 Å². The van der Waals surface area contributed by atoms with Crippen LogP contribution in [0.4, 0.5) is 5.69 Å². The summed E-state index contributed by atoms with van der Waals surface area (Å²) in [5, 5.41) is 13.7. The third-order valence-corrected chi connectivity index (χ3v) is 6.95. The second kappa shape index (κ2) is 15.8. The van der Waals surface area contributed by atoms with Gasteiger partial charge in [-0.25, -0.2) is 4.98 Å². The Morgan fingerprint density at radius 2 is 1.72 bits per heavy atom. The molecule has 0 bridgehead atoms. The SMILES string of the molecule is C=O.C=O.CNc1ccc(C(=O)N2CCC(O)(CCC(C)C)CC2)cc1.Cc1cccc2scnc12. The molecule has 1 aliphatic heterocycles. The van der Waals surface area contributed by atoms with Crippen LogP contribution in [0, 0.1) is 12.8 Å². The number of carbonyl (C=O) groups excluding carboxylic acids is 3. The minimum absolute atomic E-state index is 0.0635. The van der Waals surface area contributed by atoms with Crippen molar-refractivity contribution in [2.75, 3.05) is 25.5 Å². The molecule has 1 saturated heterocycles. The first-order chi connectivity index (χ1) is 17.3. The second-order valence-corrected chi connectivity index (χ2v) is 9.94. The summed E-state index contributed by atoms with van der Waals surface area (Å²) in [6.07, 6.45) is 3.24. The van der Waals surface area contributed by atoms with Crippen molar-refractivity contribution in [2.24, 2.45) is 5.92 Å². The molecule has 1 amide bonds. The zero-order valence-corrected chi connectivity index (χ0v) is 22.6. The molecular weight excluding hydrogens is 474 g/mol. The van der Waals surface area contributed by atoms with Crippen molar-refractivity contribution in [3.05, 3.63) is 59.1 Å². The number of benzene rings is 2. The fraction of sp³-hybridized carbons (Fsp3) is 0.429. The molecule has 196 valence electrons. The van der Waals surface area contributed by atoms with Gasteiger partial charge in [-0.2, -0.15) is 0 Å². The Labute approximate surface area is 218 Å². The van der Waals surface area contributed by atoms with Crippen LogP contribution in [0.1, 0.15) is 55.5 Å². The summed E-state index contributed by atoms with van der Waals surface area (Å²) in [5.74, 6) is 0.669. The lowest BCUT2D eigenvalue weighted by Crippen LogP contribution is -2.46. The Balaban J connectivity index is 0.000000382. The number of nitrogens with zero attached hydrogens (tertiary/aromatic N) is 2. The third kappa shape index (κ3) is 9.17. The van der Waals surface area contributed by atoms with Gasteiger partial charge in [-0.1, -0.05) is 26.0 Å². The van der Waals surface area contributed by atoms with Crippen molar-refractivity contribution < 1.29 is 19.5 Å². The van der Waals surface area contributed by atoms with E-state index in [2.05, 4.69) is 49.3 Å². The molecule has 0 aliphatic carbocycles. The first-order valence-electron chi connectivity index (χ1n) is 12.0. The Bertz CT molecular complexity index is 1040. The van der Waals surface area contributed by atoms with E-state index in [9.17, 15) is 9.90 Å². The zero-order chi connectivity index (χ0) is 27.1. The lowest BCUT2D eigenvalue weighted by molar-refractivity contribution is -0.0987. The van der Waals surface area contributed by atoms with E-state index >= 15 is 0 Å². The van der Waals surface area contributed by atoms with E-state index < -0.39 is 5.60 Å². The van der Waals surface area contributed by atoms with Crippen LogP contribution in [0.25, 0.3) is 10.2 Å². The van der Waals surface area contributed by atoms with Crippen LogP contribution < -0.4 is 5.32 Å². The van der Waals surface area contributed by atoms with Crippen molar-refractivity contribution in [2.45, 2.75) is 52.1 Å². The predicted octanol–water partition coefficient (Wildman–Crippen LogP) is 5.37. The molecule has 1 aromatic heterocycles. The van der Waals surface area contributed by atoms with E-state index in [0.29, 0.717) is 37.4 Å². The van der Waals surface area contributed by atoms with Crippen molar-refractivity contribution >= 4 is 46.7 Å². The molecule has 7 nitrogen and oxygen atoms in total. The van der Waals surface area contributed by atoms with Crippen LogP contribution in [-0.2, 0) is 9.59 Å². The normalized spacial score (nSPS) is 13.9. The quantitative estimate of drug-likeness (QED) is 0.476. The van der Waals surface area contributed by atoms with Gasteiger partial charge in [-0.05, 0) is 74.4 Å². The molecule has 0 spiro atoms. The van der Waals surface area contributed by atoms with Crippen LogP contribution in [0.5, 0.6) is 0 Å². The standard InChI is InChI=1S/C18H28N2O2.C8H7NS.2CH2O/c1-14(2)8-9-18(22)10-12-20(13-11-18)17(21)15-4-6-16(19-3)7-5-15;1-6-3-2-4-7-8(6)9-5-10-7;2*1-2/h4-7,14,19,22H,8-13H2,1-3H3;2-5H,1H3;2*1H2. The number of aromatic nitrogens is 1. The number of nitrogens with one attached hydrogen (secondary N) is 1. The fourth-order valence-electron chi connectivity index (χ4n) is 3.92. The van der Waals surface area contributed by atoms with Gasteiger partial charge in [0.25, 0.3) is 5.91 Å². The number of hydrogen-bond donors (Lipinski definition) is 2. The highest BCUT2D eigenvalue weighted by molar-refractivity contribution is 7.16. The highest BCUT2D eigenvalue weighted by atomic mass is 32.1. The number of rotatable bonds is 5. The molecule has 36 heavy (non-hydrogen) atoms. The van der Waals surface area contributed by atoms with Crippen LogP contribution in [0.15, 0.2) is 48.0 Å². The number of fused-ring (bicyclic) bond motifs is 1. The van der Waals surface area contributed by atoms with Gasteiger partial charge in [0.1, 0.15) is 13.6 Å². The molecule has 0 unspecified atom stereocenters. The van der Waals surface area contributed by atoms with Gasteiger partial charge in [0.05, 0.1) is 21.3 Å². The Morgan fingerprint density at radius 3 is 2.25 bits per heavy atom. The molecule has 2 heterocycles. The third-order valence-electron chi connectivity index (χ3n) is 6.15. The summed E-state index contributed by atoms with van der Waals surface area (Å²) in [6, 6.07) is 13.8. The summed E-state index contributed by atoms with van der Waals surface area (Å²) in [5.41, 5.74) is 5.42.